The van der Waals surface area contributed by atoms with Gasteiger partial charge in [-0.3, -0.25) is 0 Å². The van der Waals surface area contributed by atoms with Crippen LogP contribution in [-0.4, -0.2) is 4.57 Å². The minimum absolute atomic E-state index is 0.148. The predicted octanol–water partition coefficient (Wildman–Crippen LogP) is 14.6. The third-order valence-electron chi connectivity index (χ3n) is 11.8. The van der Waals surface area contributed by atoms with Gasteiger partial charge in [0.2, 0.25) is 0 Å². The van der Waals surface area contributed by atoms with Crippen LogP contribution in [0.1, 0.15) is 51.7 Å². The van der Waals surface area contributed by atoms with E-state index in [1.165, 1.54) is 82.8 Å². The Morgan fingerprint density at radius 2 is 1.11 bits per heavy atom. The van der Waals surface area contributed by atoms with Crippen LogP contribution in [0.2, 0.25) is 0 Å². The Morgan fingerprint density at radius 1 is 0.453 bits per heavy atom. The third kappa shape index (κ3) is 5.21. The molecular weight excluding hydrogens is 661 g/mol. The number of para-hydroxylation sites is 2. The van der Waals surface area contributed by atoms with Crippen molar-refractivity contribution < 1.29 is 0 Å². The summed E-state index contributed by atoms with van der Waals surface area (Å²) in [5.41, 5.74) is 12.9. The first kappa shape index (κ1) is 32.0. The Labute approximate surface area is 315 Å². The maximum atomic E-state index is 2.48. The van der Waals surface area contributed by atoms with E-state index >= 15 is 0 Å². The predicted molar refractivity (Wildman–Crippen MR) is 229 cm³/mol. The van der Waals surface area contributed by atoms with Crippen molar-refractivity contribution in [3.8, 4) is 16.8 Å². The molecule has 1 aliphatic rings. The highest BCUT2D eigenvalue weighted by Gasteiger charge is 2.37. The van der Waals surface area contributed by atoms with Gasteiger partial charge in [0, 0.05) is 53.7 Å². The fourth-order valence-electron chi connectivity index (χ4n) is 8.85. The molecule has 0 aliphatic heterocycles. The minimum Gasteiger partial charge on any atom is -0.310 e. The van der Waals surface area contributed by atoms with E-state index < -0.39 is 0 Å². The zero-order chi connectivity index (χ0) is 35.9. The molecule has 2 aromatic heterocycles. The maximum absolute atomic E-state index is 2.48. The van der Waals surface area contributed by atoms with Crippen LogP contribution in [0, 0.1) is 0 Å². The molecule has 2 nitrogen and oxygen atoms in total. The molecule has 0 unspecified atom stereocenters. The van der Waals surface area contributed by atoms with Gasteiger partial charge in [-0.2, -0.15) is 0 Å². The summed E-state index contributed by atoms with van der Waals surface area (Å²) in [5, 5.41) is 5.19. The molecule has 10 rings (SSSR count). The van der Waals surface area contributed by atoms with Gasteiger partial charge in [-0.15, -0.1) is 11.3 Å². The van der Waals surface area contributed by atoms with Gasteiger partial charge in [0.15, 0.2) is 0 Å². The van der Waals surface area contributed by atoms with Crippen LogP contribution >= 0.6 is 11.3 Å². The van der Waals surface area contributed by atoms with E-state index in [2.05, 4.69) is 195 Å². The van der Waals surface area contributed by atoms with E-state index in [9.17, 15) is 0 Å². The molecule has 9 aromatic rings. The molecule has 0 amide bonds. The Kier molecular flexibility index (Phi) is 7.22. The topological polar surface area (TPSA) is 8.17 Å². The van der Waals surface area contributed by atoms with Crippen LogP contribution in [-0.2, 0) is 10.8 Å². The van der Waals surface area contributed by atoms with Gasteiger partial charge >= 0.3 is 0 Å². The number of hydrogen-bond donors (Lipinski definition) is 0. The zero-order valence-corrected chi connectivity index (χ0v) is 31.5. The first-order valence-corrected chi connectivity index (χ1v) is 19.6. The summed E-state index contributed by atoms with van der Waals surface area (Å²) in [6, 6.07) is 58.5. The highest BCUT2D eigenvalue weighted by atomic mass is 32.1. The molecule has 7 aromatic carbocycles. The van der Waals surface area contributed by atoms with Gasteiger partial charge in [-0.05, 0) is 119 Å². The lowest BCUT2D eigenvalue weighted by molar-refractivity contribution is 0.332. The van der Waals surface area contributed by atoms with Gasteiger partial charge in [-0.25, -0.2) is 0 Å². The second-order valence-corrected chi connectivity index (χ2v) is 17.2. The van der Waals surface area contributed by atoms with Gasteiger partial charge in [0.25, 0.3) is 0 Å². The van der Waals surface area contributed by atoms with Crippen molar-refractivity contribution in [1.82, 2.24) is 4.57 Å². The van der Waals surface area contributed by atoms with Gasteiger partial charge in [0.1, 0.15) is 0 Å². The highest BCUT2D eigenvalue weighted by molar-refractivity contribution is 7.25. The molecule has 0 saturated carbocycles. The number of fused-ring (bicyclic) bond motifs is 7. The lowest BCUT2D eigenvalue weighted by Gasteiger charge is -2.42. The monoisotopic (exact) mass is 702 g/mol. The SMILES string of the molecule is CC1(C)CCC(C)(C)c2cc(-n3c4ccccc4c4cc(-c5cccc(N(c6ccccc6)c6ccc7c(c6)sc6ccccc67)c5)ccc43)ccc21. The lowest BCUT2D eigenvalue weighted by atomic mass is 9.63. The van der Waals surface area contributed by atoms with E-state index in [0.29, 0.717) is 0 Å². The quantitative estimate of drug-likeness (QED) is 0.173. The standard InChI is InChI=1S/C50H42N2S/c1-49(2)27-28-50(3,4)44-31-37(23-25-43(44)49)52-45-19-10-8-17-39(45)42-30-34(21-26-46(42)52)33-13-12-16-36(29-33)51(35-14-6-5-7-15-35)38-22-24-41-40-18-9-11-20-47(40)53-48(41)32-38/h5-26,29-32H,27-28H2,1-4H3. The summed E-state index contributed by atoms with van der Waals surface area (Å²) in [7, 11) is 0. The van der Waals surface area contributed by atoms with Gasteiger partial charge < -0.3 is 9.47 Å². The molecule has 3 heteroatoms. The van der Waals surface area contributed by atoms with E-state index in [4.69, 9.17) is 0 Å². The smallest absolute Gasteiger partial charge is 0.0541 e. The minimum atomic E-state index is 0.148. The molecule has 1 aliphatic carbocycles. The van der Waals surface area contributed by atoms with Crippen molar-refractivity contribution in [2.45, 2.75) is 51.4 Å². The summed E-state index contributed by atoms with van der Waals surface area (Å²) < 4.78 is 5.10. The molecule has 53 heavy (non-hydrogen) atoms. The second-order valence-electron chi connectivity index (χ2n) is 16.1. The van der Waals surface area contributed by atoms with E-state index in [1.54, 1.807) is 0 Å². The summed E-state index contributed by atoms with van der Waals surface area (Å²) in [6.07, 6.45) is 2.42. The molecule has 0 radical (unpaired) electrons. The lowest BCUT2D eigenvalue weighted by Crippen LogP contribution is -2.33. The fraction of sp³-hybridized carbons (Fsp3) is 0.160. The molecule has 0 N–H and O–H groups in total. The molecule has 0 bridgehead atoms. The largest absolute Gasteiger partial charge is 0.310 e. The van der Waals surface area contributed by atoms with Crippen LogP contribution in [0.5, 0.6) is 0 Å². The van der Waals surface area contributed by atoms with Crippen LogP contribution in [0.25, 0.3) is 58.8 Å². The highest BCUT2D eigenvalue weighted by Crippen LogP contribution is 2.47. The van der Waals surface area contributed by atoms with Crippen LogP contribution in [0.15, 0.2) is 158 Å². The molecular formula is C50H42N2S. The molecule has 0 saturated heterocycles. The number of rotatable bonds is 5. The van der Waals surface area contributed by atoms with Crippen LogP contribution < -0.4 is 4.90 Å². The third-order valence-corrected chi connectivity index (χ3v) is 13.0. The zero-order valence-electron chi connectivity index (χ0n) is 30.7. The number of nitrogens with zero attached hydrogens (tertiary/aromatic N) is 2. The molecule has 0 spiro atoms. The van der Waals surface area contributed by atoms with Gasteiger partial charge in [0.05, 0.1) is 11.0 Å². The summed E-state index contributed by atoms with van der Waals surface area (Å²) in [4.78, 5) is 2.39. The number of thiophene rings is 1. The van der Waals surface area contributed by atoms with E-state index in [-0.39, 0.29) is 10.8 Å². The fourth-order valence-corrected chi connectivity index (χ4v) is 9.99. The van der Waals surface area contributed by atoms with Crippen molar-refractivity contribution in [2.24, 2.45) is 0 Å². The first-order chi connectivity index (χ1) is 25.7. The van der Waals surface area contributed by atoms with Crippen molar-refractivity contribution in [3.63, 3.8) is 0 Å². The van der Waals surface area contributed by atoms with Crippen molar-refractivity contribution in [2.75, 3.05) is 4.90 Å². The van der Waals surface area contributed by atoms with E-state index in [0.717, 1.165) is 17.1 Å². The Balaban J connectivity index is 1.10. The van der Waals surface area contributed by atoms with Crippen molar-refractivity contribution in [3.05, 3.63) is 169 Å². The van der Waals surface area contributed by atoms with E-state index in [1.807, 2.05) is 11.3 Å². The maximum Gasteiger partial charge on any atom is 0.0541 e. The van der Waals surface area contributed by atoms with Crippen LogP contribution in [0.3, 0.4) is 0 Å². The number of anilines is 3. The Hall–Kier alpha value is -5.64. The second kappa shape index (κ2) is 11.9. The summed E-state index contributed by atoms with van der Waals surface area (Å²) in [5.74, 6) is 0. The van der Waals surface area contributed by atoms with Crippen LogP contribution in [0.4, 0.5) is 17.1 Å². The molecule has 258 valence electrons. The van der Waals surface area contributed by atoms with Gasteiger partial charge in [-0.1, -0.05) is 113 Å². The average Bonchev–Trinajstić information content (AvgIpc) is 3.72. The number of hydrogen-bond acceptors (Lipinski definition) is 2. The summed E-state index contributed by atoms with van der Waals surface area (Å²) in [6.45, 7) is 9.64. The number of benzene rings is 7. The normalized spacial score (nSPS) is 14.9. The number of aromatic nitrogens is 1. The first-order valence-electron chi connectivity index (χ1n) is 18.8. The summed E-state index contributed by atoms with van der Waals surface area (Å²) >= 11 is 1.86. The van der Waals surface area contributed by atoms with Crippen molar-refractivity contribution in [1.29, 1.82) is 0 Å². The molecule has 0 fully saturated rings. The Bertz CT molecular complexity index is 2850. The average molecular weight is 703 g/mol. The molecule has 0 atom stereocenters. The molecule has 2 heterocycles. The Morgan fingerprint density at radius 3 is 1.96 bits per heavy atom. The van der Waals surface area contributed by atoms with Crippen molar-refractivity contribution >= 4 is 70.4 Å².